The number of aromatic nitrogens is 2. The van der Waals surface area contributed by atoms with Crippen molar-refractivity contribution in [1.82, 2.24) is 20.2 Å². The third kappa shape index (κ3) is 4.01. The number of rotatable bonds is 5. The maximum atomic E-state index is 11.9. The van der Waals surface area contributed by atoms with Gasteiger partial charge in [0, 0.05) is 18.9 Å². The maximum absolute atomic E-state index is 11.9. The van der Waals surface area contributed by atoms with E-state index in [2.05, 4.69) is 20.2 Å². The highest BCUT2D eigenvalue weighted by Gasteiger charge is 2.21. The highest BCUT2D eigenvalue weighted by molar-refractivity contribution is 5.93. The summed E-state index contributed by atoms with van der Waals surface area (Å²) < 4.78 is 5.65. The van der Waals surface area contributed by atoms with E-state index < -0.39 is 0 Å². The number of nitrogens with one attached hydrogen (secondary N) is 2. The van der Waals surface area contributed by atoms with E-state index in [4.69, 9.17) is 4.42 Å². The SMILES string of the molecule is Cc1nc(CN2CCC(CNC(=O)c3cc[nH]c3)CC2)oc1C. The molecule has 1 amide bonds. The van der Waals surface area contributed by atoms with Crippen LogP contribution in [0.4, 0.5) is 0 Å². The van der Waals surface area contributed by atoms with Crippen molar-refractivity contribution < 1.29 is 9.21 Å². The van der Waals surface area contributed by atoms with Crippen LogP contribution in [0.3, 0.4) is 0 Å². The number of piperidine rings is 1. The number of hydrogen-bond donors (Lipinski definition) is 2. The highest BCUT2D eigenvalue weighted by atomic mass is 16.4. The molecule has 2 aromatic heterocycles. The number of hydrogen-bond acceptors (Lipinski definition) is 4. The van der Waals surface area contributed by atoms with Crippen LogP contribution in [0.25, 0.3) is 0 Å². The summed E-state index contributed by atoms with van der Waals surface area (Å²) in [5, 5.41) is 3.02. The van der Waals surface area contributed by atoms with E-state index in [9.17, 15) is 4.79 Å². The maximum Gasteiger partial charge on any atom is 0.252 e. The zero-order chi connectivity index (χ0) is 16.2. The molecule has 0 saturated carbocycles. The van der Waals surface area contributed by atoms with Crippen LogP contribution in [0.1, 0.15) is 40.5 Å². The summed E-state index contributed by atoms with van der Waals surface area (Å²) >= 11 is 0. The number of carbonyl (C=O) groups excluding carboxylic acids is 1. The largest absolute Gasteiger partial charge is 0.444 e. The zero-order valence-corrected chi connectivity index (χ0v) is 13.8. The summed E-state index contributed by atoms with van der Waals surface area (Å²) in [6.45, 7) is 7.48. The van der Waals surface area contributed by atoms with Crippen molar-refractivity contribution in [3.05, 3.63) is 41.4 Å². The Labute approximate surface area is 136 Å². The van der Waals surface area contributed by atoms with Gasteiger partial charge in [-0.25, -0.2) is 4.98 Å². The van der Waals surface area contributed by atoms with Crippen LogP contribution >= 0.6 is 0 Å². The average molecular weight is 316 g/mol. The van der Waals surface area contributed by atoms with Gasteiger partial charge < -0.3 is 14.7 Å². The van der Waals surface area contributed by atoms with Crippen LogP contribution in [0.2, 0.25) is 0 Å². The molecule has 0 aromatic carbocycles. The van der Waals surface area contributed by atoms with E-state index >= 15 is 0 Å². The van der Waals surface area contributed by atoms with E-state index in [1.807, 2.05) is 13.8 Å². The van der Waals surface area contributed by atoms with Gasteiger partial charge in [-0.05, 0) is 51.8 Å². The molecule has 1 aliphatic heterocycles. The molecule has 1 saturated heterocycles. The normalized spacial score (nSPS) is 16.6. The minimum Gasteiger partial charge on any atom is -0.444 e. The average Bonchev–Trinajstić information content (AvgIpc) is 3.17. The molecule has 124 valence electrons. The Kier molecular flexibility index (Phi) is 4.81. The van der Waals surface area contributed by atoms with Crippen molar-refractivity contribution in [1.29, 1.82) is 0 Å². The molecule has 0 unspecified atom stereocenters. The lowest BCUT2D eigenvalue weighted by Crippen LogP contribution is -2.38. The van der Waals surface area contributed by atoms with Gasteiger partial charge in [0.05, 0.1) is 17.8 Å². The quantitative estimate of drug-likeness (QED) is 0.887. The molecule has 3 rings (SSSR count). The number of nitrogens with zero attached hydrogens (tertiary/aromatic N) is 2. The van der Waals surface area contributed by atoms with Gasteiger partial charge in [0.15, 0.2) is 0 Å². The van der Waals surface area contributed by atoms with Crippen LogP contribution in [-0.2, 0) is 6.54 Å². The Hall–Kier alpha value is -2.08. The Morgan fingerprint density at radius 2 is 2.22 bits per heavy atom. The fourth-order valence-electron chi connectivity index (χ4n) is 2.95. The second kappa shape index (κ2) is 7.00. The molecular weight excluding hydrogens is 292 g/mol. The van der Waals surface area contributed by atoms with Crippen LogP contribution in [0, 0.1) is 19.8 Å². The van der Waals surface area contributed by atoms with Crippen LogP contribution in [0.5, 0.6) is 0 Å². The van der Waals surface area contributed by atoms with Crippen molar-refractivity contribution in [3.63, 3.8) is 0 Å². The fraction of sp³-hybridized carbons (Fsp3) is 0.529. The van der Waals surface area contributed by atoms with E-state index in [1.54, 1.807) is 18.5 Å². The second-order valence-corrected chi connectivity index (χ2v) is 6.28. The van der Waals surface area contributed by atoms with E-state index in [0.717, 1.165) is 56.4 Å². The Bertz CT molecular complexity index is 620. The van der Waals surface area contributed by atoms with E-state index in [0.29, 0.717) is 11.5 Å². The predicted molar refractivity (Wildman–Crippen MR) is 87.1 cm³/mol. The smallest absolute Gasteiger partial charge is 0.252 e. The van der Waals surface area contributed by atoms with Gasteiger partial charge in [-0.15, -0.1) is 0 Å². The molecular formula is C17H24N4O2. The molecule has 1 aliphatic rings. The number of aromatic amines is 1. The molecule has 3 heterocycles. The number of oxazole rings is 1. The molecule has 23 heavy (non-hydrogen) atoms. The van der Waals surface area contributed by atoms with Gasteiger partial charge in [0.2, 0.25) is 5.89 Å². The van der Waals surface area contributed by atoms with Crippen molar-refractivity contribution in [2.75, 3.05) is 19.6 Å². The topological polar surface area (TPSA) is 74.2 Å². The summed E-state index contributed by atoms with van der Waals surface area (Å²) in [7, 11) is 0. The fourth-order valence-corrected chi connectivity index (χ4v) is 2.95. The monoisotopic (exact) mass is 316 g/mol. The Morgan fingerprint density at radius 3 is 2.83 bits per heavy atom. The van der Waals surface area contributed by atoms with E-state index in [-0.39, 0.29) is 5.91 Å². The van der Waals surface area contributed by atoms with Gasteiger partial charge in [-0.3, -0.25) is 9.69 Å². The number of H-pyrrole nitrogens is 1. The molecule has 6 heteroatoms. The summed E-state index contributed by atoms with van der Waals surface area (Å²) in [6.07, 6.45) is 5.66. The molecule has 0 bridgehead atoms. The first kappa shape index (κ1) is 15.8. The zero-order valence-electron chi connectivity index (χ0n) is 13.8. The third-order valence-corrected chi connectivity index (χ3v) is 4.55. The van der Waals surface area contributed by atoms with Crippen molar-refractivity contribution in [3.8, 4) is 0 Å². The molecule has 0 radical (unpaired) electrons. The summed E-state index contributed by atoms with van der Waals surface area (Å²) in [4.78, 5) is 21.6. The summed E-state index contributed by atoms with van der Waals surface area (Å²) in [5.41, 5.74) is 1.67. The molecule has 0 atom stereocenters. The second-order valence-electron chi connectivity index (χ2n) is 6.28. The third-order valence-electron chi connectivity index (χ3n) is 4.55. The van der Waals surface area contributed by atoms with Gasteiger partial charge in [-0.1, -0.05) is 0 Å². The molecule has 2 N–H and O–H groups in total. The number of aryl methyl sites for hydroxylation is 2. The van der Waals surface area contributed by atoms with Crippen LogP contribution in [0.15, 0.2) is 22.9 Å². The standard InChI is InChI=1S/C17H24N4O2/c1-12-13(2)23-16(20-12)11-21-7-4-14(5-8-21)9-19-17(22)15-3-6-18-10-15/h3,6,10,14,18H,4-5,7-9,11H2,1-2H3,(H,19,22). The lowest BCUT2D eigenvalue weighted by Gasteiger charge is -2.31. The summed E-state index contributed by atoms with van der Waals surface area (Å²) in [6, 6.07) is 1.79. The minimum atomic E-state index is -0.000541. The van der Waals surface area contributed by atoms with Crippen LogP contribution < -0.4 is 5.32 Å². The molecule has 6 nitrogen and oxygen atoms in total. The molecule has 1 fully saturated rings. The highest BCUT2D eigenvalue weighted by Crippen LogP contribution is 2.19. The van der Waals surface area contributed by atoms with Gasteiger partial charge in [0.25, 0.3) is 5.91 Å². The minimum absolute atomic E-state index is 0.000541. The first-order valence-electron chi connectivity index (χ1n) is 8.18. The molecule has 0 spiro atoms. The Balaban J connectivity index is 1.41. The Morgan fingerprint density at radius 1 is 1.43 bits per heavy atom. The van der Waals surface area contributed by atoms with Crippen molar-refractivity contribution in [2.45, 2.75) is 33.2 Å². The van der Waals surface area contributed by atoms with E-state index in [1.165, 1.54) is 0 Å². The number of likely N-dealkylation sites (tertiary alicyclic amines) is 1. The first-order chi connectivity index (χ1) is 11.1. The molecule has 2 aromatic rings. The van der Waals surface area contributed by atoms with Gasteiger partial charge in [-0.2, -0.15) is 0 Å². The number of amides is 1. The lowest BCUT2D eigenvalue weighted by atomic mass is 9.96. The predicted octanol–water partition coefficient (Wildman–Crippen LogP) is 2.26. The summed E-state index contributed by atoms with van der Waals surface area (Å²) in [5.74, 6) is 2.25. The van der Waals surface area contributed by atoms with Crippen molar-refractivity contribution in [2.24, 2.45) is 5.92 Å². The van der Waals surface area contributed by atoms with Crippen molar-refractivity contribution >= 4 is 5.91 Å². The number of carbonyl (C=O) groups is 1. The lowest BCUT2D eigenvalue weighted by molar-refractivity contribution is 0.0934. The van der Waals surface area contributed by atoms with Gasteiger partial charge >= 0.3 is 0 Å². The van der Waals surface area contributed by atoms with Gasteiger partial charge in [0.1, 0.15) is 5.76 Å². The molecule has 0 aliphatic carbocycles. The van der Waals surface area contributed by atoms with Crippen LogP contribution in [-0.4, -0.2) is 40.4 Å². The first-order valence-corrected chi connectivity index (χ1v) is 8.18.